The average Bonchev–Trinajstić information content (AvgIpc) is 2.92. The Morgan fingerprint density at radius 2 is 2.09 bits per heavy atom. The van der Waals surface area contributed by atoms with Crippen LogP contribution >= 0.6 is 11.8 Å². The maximum absolute atomic E-state index is 12.3. The van der Waals surface area contributed by atoms with Gasteiger partial charge in [-0.15, -0.1) is 0 Å². The highest BCUT2D eigenvalue weighted by Crippen LogP contribution is 2.41. The van der Waals surface area contributed by atoms with E-state index in [0.717, 1.165) is 27.7 Å². The minimum atomic E-state index is 0.0752. The summed E-state index contributed by atoms with van der Waals surface area (Å²) in [6, 6.07) is 8.25. The summed E-state index contributed by atoms with van der Waals surface area (Å²) in [6.07, 6.45) is 11.3. The first kappa shape index (κ1) is 14.7. The van der Waals surface area contributed by atoms with Crippen LogP contribution in [0.2, 0.25) is 0 Å². The maximum atomic E-state index is 12.3. The summed E-state index contributed by atoms with van der Waals surface area (Å²) in [6.45, 7) is 6.59. The zero-order valence-corrected chi connectivity index (χ0v) is 13.3. The molecule has 1 aromatic carbocycles. The Morgan fingerprint density at radius 1 is 1.27 bits per heavy atom. The Kier molecular flexibility index (Phi) is 4.16. The number of nitrogens with zero attached hydrogens (tertiary/aromatic N) is 1. The highest BCUT2D eigenvalue weighted by atomic mass is 32.2. The molecule has 2 heterocycles. The molecule has 3 rings (SSSR count). The van der Waals surface area contributed by atoms with Crippen LogP contribution in [-0.2, 0) is 4.79 Å². The summed E-state index contributed by atoms with van der Waals surface area (Å²) >= 11 is 1.52. The molecular weight excluding hydrogens is 290 g/mol. The van der Waals surface area contributed by atoms with Crippen molar-refractivity contribution in [1.29, 1.82) is 0 Å². The molecule has 0 saturated heterocycles. The van der Waals surface area contributed by atoms with Crippen molar-refractivity contribution in [2.24, 2.45) is 0 Å². The van der Waals surface area contributed by atoms with E-state index in [1.165, 1.54) is 17.3 Å². The molecule has 0 amide bonds. The third-order valence-corrected chi connectivity index (χ3v) is 4.71. The molecule has 3 heteroatoms. The smallest absolute Gasteiger partial charge is 0.195 e. The predicted octanol–water partition coefficient (Wildman–Crippen LogP) is 4.69. The fourth-order valence-corrected chi connectivity index (χ4v) is 3.61. The fraction of sp³-hybridized carbons (Fsp3) is 0.105. The van der Waals surface area contributed by atoms with Crippen LogP contribution in [0.25, 0.3) is 6.08 Å². The van der Waals surface area contributed by atoms with E-state index in [0.29, 0.717) is 0 Å². The van der Waals surface area contributed by atoms with E-state index in [4.69, 9.17) is 0 Å². The Labute approximate surface area is 135 Å². The Hall–Kier alpha value is -2.26. The molecule has 0 atom stereocenters. The molecule has 2 nitrogen and oxygen atoms in total. The van der Waals surface area contributed by atoms with Crippen molar-refractivity contribution in [3.05, 3.63) is 82.3 Å². The summed E-state index contributed by atoms with van der Waals surface area (Å²) in [5.74, 6) is 0.0752. The number of carbonyl (C=O) groups is 1. The minimum Gasteiger partial charge on any atom is -0.340 e. The number of para-hydroxylation sites is 1. The van der Waals surface area contributed by atoms with Crippen molar-refractivity contribution in [3.8, 4) is 0 Å². The van der Waals surface area contributed by atoms with Gasteiger partial charge in [0, 0.05) is 23.2 Å². The molecule has 0 spiro atoms. The molecule has 1 aromatic rings. The van der Waals surface area contributed by atoms with Gasteiger partial charge in [0.2, 0.25) is 0 Å². The molecule has 2 aliphatic heterocycles. The van der Waals surface area contributed by atoms with Gasteiger partial charge in [0.1, 0.15) is 0 Å². The van der Waals surface area contributed by atoms with Crippen molar-refractivity contribution in [3.63, 3.8) is 0 Å². The molecule has 0 N–H and O–H groups in total. The van der Waals surface area contributed by atoms with E-state index in [2.05, 4.69) is 36.6 Å². The van der Waals surface area contributed by atoms with Crippen molar-refractivity contribution in [2.75, 3.05) is 11.4 Å². The average molecular weight is 307 g/mol. The van der Waals surface area contributed by atoms with E-state index >= 15 is 0 Å². The van der Waals surface area contributed by atoms with Gasteiger partial charge in [-0.1, -0.05) is 54.8 Å². The van der Waals surface area contributed by atoms with Gasteiger partial charge in [0.05, 0.1) is 10.6 Å². The molecule has 22 heavy (non-hydrogen) atoms. The van der Waals surface area contributed by atoms with Crippen molar-refractivity contribution < 1.29 is 4.79 Å². The number of anilines is 1. The van der Waals surface area contributed by atoms with E-state index in [9.17, 15) is 4.79 Å². The first-order valence-corrected chi connectivity index (χ1v) is 8.08. The largest absolute Gasteiger partial charge is 0.340 e. The first-order chi connectivity index (χ1) is 10.7. The normalized spacial score (nSPS) is 20.5. The number of hydrogen-bond acceptors (Lipinski definition) is 3. The van der Waals surface area contributed by atoms with Gasteiger partial charge in [-0.05, 0) is 30.7 Å². The van der Waals surface area contributed by atoms with Gasteiger partial charge >= 0.3 is 0 Å². The first-order valence-electron chi connectivity index (χ1n) is 7.26. The molecule has 0 fully saturated rings. The summed E-state index contributed by atoms with van der Waals surface area (Å²) < 4.78 is 0. The topological polar surface area (TPSA) is 20.3 Å². The second-order valence-corrected chi connectivity index (χ2v) is 6.04. The monoisotopic (exact) mass is 307 g/mol. The van der Waals surface area contributed by atoms with Crippen LogP contribution in [-0.4, -0.2) is 12.3 Å². The van der Waals surface area contributed by atoms with Crippen LogP contribution in [0.15, 0.2) is 76.7 Å². The zero-order chi connectivity index (χ0) is 15.5. The van der Waals surface area contributed by atoms with E-state index < -0.39 is 0 Å². The highest BCUT2D eigenvalue weighted by Gasteiger charge is 2.26. The summed E-state index contributed by atoms with van der Waals surface area (Å²) in [7, 11) is 0. The number of rotatable bonds is 3. The molecule has 0 saturated carbocycles. The zero-order valence-electron chi connectivity index (χ0n) is 12.5. The van der Waals surface area contributed by atoms with Crippen LogP contribution in [0.4, 0.5) is 5.69 Å². The minimum absolute atomic E-state index is 0.0752. The molecule has 110 valence electrons. The lowest BCUT2D eigenvalue weighted by Crippen LogP contribution is -2.25. The van der Waals surface area contributed by atoms with E-state index in [1.807, 2.05) is 30.4 Å². The van der Waals surface area contributed by atoms with Crippen LogP contribution in [0.1, 0.15) is 12.5 Å². The molecule has 0 unspecified atom stereocenters. The van der Waals surface area contributed by atoms with Crippen LogP contribution in [0.5, 0.6) is 0 Å². The third kappa shape index (κ3) is 2.60. The lowest BCUT2D eigenvalue weighted by atomic mass is 10.1. The highest BCUT2D eigenvalue weighted by molar-refractivity contribution is 8.08. The SMILES string of the molecule is C=C/C=C\C1=CC(=O)/C(=C2\C=Cc3ccccc3N2CC)S1. The van der Waals surface area contributed by atoms with Gasteiger partial charge in [0.15, 0.2) is 5.78 Å². The maximum Gasteiger partial charge on any atom is 0.195 e. The summed E-state index contributed by atoms with van der Waals surface area (Å²) in [4.78, 5) is 16.3. The number of likely N-dealkylation sites (N-methyl/N-ethyl adjacent to an activating group) is 1. The second kappa shape index (κ2) is 6.24. The van der Waals surface area contributed by atoms with Crippen LogP contribution < -0.4 is 4.90 Å². The van der Waals surface area contributed by atoms with Crippen molar-refractivity contribution in [1.82, 2.24) is 0 Å². The predicted molar refractivity (Wildman–Crippen MR) is 95.5 cm³/mol. The Balaban J connectivity index is 2.01. The number of benzene rings is 1. The van der Waals surface area contributed by atoms with Gasteiger partial charge in [-0.3, -0.25) is 4.79 Å². The number of hydrogen-bond donors (Lipinski definition) is 0. The molecule has 2 aliphatic rings. The summed E-state index contributed by atoms with van der Waals surface area (Å²) in [5, 5.41) is 0. The number of fused-ring (bicyclic) bond motifs is 1. The van der Waals surface area contributed by atoms with Crippen molar-refractivity contribution >= 4 is 29.3 Å². The van der Waals surface area contributed by atoms with E-state index in [-0.39, 0.29) is 5.78 Å². The summed E-state index contributed by atoms with van der Waals surface area (Å²) in [5.41, 5.74) is 3.32. The molecule has 0 aromatic heterocycles. The van der Waals surface area contributed by atoms with Gasteiger partial charge < -0.3 is 4.90 Å². The Morgan fingerprint density at radius 3 is 2.86 bits per heavy atom. The van der Waals surface area contributed by atoms with Crippen LogP contribution in [0.3, 0.4) is 0 Å². The molecule has 0 radical (unpaired) electrons. The number of thioether (sulfide) groups is 1. The van der Waals surface area contributed by atoms with E-state index in [1.54, 1.807) is 12.2 Å². The van der Waals surface area contributed by atoms with Crippen LogP contribution in [0, 0.1) is 0 Å². The third-order valence-electron chi connectivity index (χ3n) is 3.60. The number of ketones is 1. The standard InChI is InChI=1S/C19H17NOS/c1-3-5-9-15-13-18(21)19(22-15)17-12-11-14-8-6-7-10-16(14)20(17)4-2/h3,5-13H,1,4H2,2H3/b9-5-,19-17-. The number of carbonyl (C=O) groups excluding carboxylic acids is 1. The van der Waals surface area contributed by atoms with Gasteiger partial charge in [-0.25, -0.2) is 0 Å². The molecular formula is C19H17NOS. The Bertz CT molecular complexity index is 752. The lowest BCUT2D eigenvalue weighted by molar-refractivity contribution is -0.110. The fourth-order valence-electron chi connectivity index (χ4n) is 2.62. The molecule has 0 aliphatic carbocycles. The lowest BCUT2D eigenvalue weighted by Gasteiger charge is -2.30. The van der Waals surface area contributed by atoms with Gasteiger partial charge in [0.25, 0.3) is 0 Å². The second-order valence-electron chi connectivity index (χ2n) is 4.96. The molecule has 0 bridgehead atoms. The van der Waals surface area contributed by atoms with Crippen molar-refractivity contribution in [2.45, 2.75) is 6.92 Å². The van der Waals surface area contributed by atoms with Gasteiger partial charge in [-0.2, -0.15) is 0 Å². The number of allylic oxidation sites excluding steroid dienone is 6. The quantitative estimate of drug-likeness (QED) is 0.596.